The van der Waals surface area contributed by atoms with Crippen molar-refractivity contribution >= 4 is 6.09 Å². The molecule has 1 N–H and O–H groups in total. The van der Waals surface area contributed by atoms with Crippen molar-refractivity contribution in [3.8, 4) is 0 Å². The van der Waals surface area contributed by atoms with Gasteiger partial charge in [0.25, 0.3) is 0 Å². The monoisotopic (exact) mass is 225 g/mol. The van der Waals surface area contributed by atoms with E-state index in [1.54, 1.807) is 0 Å². The summed E-state index contributed by atoms with van der Waals surface area (Å²) >= 11 is 0. The van der Waals surface area contributed by atoms with Crippen molar-refractivity contribution in [3.05, 3.63) is 11.1 Å². The molecule has 0 saturated heterocycles. The van der Waals surface area contributed by atoms with Gasteiger partial charge in [-0.3, -0.25) is 0 Å². The summed E-state index contributed by atoms with van der Waals surface area (Å²) in [6.07, 6.45) is 3.00. The lowest BCUT2D eigenvalue weighted by atomic mass is 9.89. The lowest BCUT2D eigenvalue weighted by Crippen LogP contribution is -2.40. The lowest BCUT2D eigenvalue weighted by Gasteiger charge is -2.28. The van der Waals surface area contributed by atoms with E-state index in [4.69, 9.17) is 4.74 Å². The molecule has 0 aromatic heterocycles. The van der Waals surface area contributed by atoms with E-state index in [2.05, 4.69) is 19.2 Å². The third-order valence-corrected chi connectivity index (χ3v) is 2.93. The summed E-state index contributed by atoms with van der Waals surface area (Å²) in [7, 11) is 0. The molecule has 16 heavy (non-hydrogen) atoms. The van der Waals surface area contributed by atoms with Crippen LogP contribution in [0.15, 0.2) is 11.1 Å². The van der Waals surface area contributed by atoms with Crippen molar-refractivity contribution in [2.45, 2.75) is 65.5 Å². The number of hydrogen-bond donors (Lipinski definition) is 1. The zero-order valence-electron chi connectivity index (χ0n) is 11.0. The number of carbonyl (C=O) groups is 1. The number of amides is 1. The third kappa shape index (κ3) is 3.87. The Bertz CT molecular complexity index is 300. The summed E-state index contributed by atoms with van der Waals surface area (Å²) in [5.74, 6) is 0. The van der Waals surface area contributed by atoms with E-state index in [9.17, 15) is 4.79 Å². The molecule has 92 valence electrons. The van der Waals surface area contributed by atoms with Gasteiger partial charge in [0, 0.05) is 0 Å². The quantitative estimate of drug-likeness (QED) is 0.694. The first-order valence-electron chi connectivity index (χ1n) is 5.95. The summed E-state index contributed by atoms with van der Waals surface area (Å²) < 4.78 is 5.25. The van der Waals surface area contributed by atoms with Crippen molar-refractivity contribution < 1.29 is 9.53 Å². The van der Waals surface area contributed by atoms with Crippen LogP contribution in [0.5, 0.6) is 0 Å². The van der Waals surface area contributed by atoms with Crippen LogP contribution in [-0.2, 0) is 4.74 Å². The van der Waals surface area contributed by atoms with E-state index in [1.165, 1.54) is 11.1 Å². The summed E-state index contributed by atoms with van der Waals surface area (Å²) in [6, 6.07) is 0.156. The molecule has 3 nitrogen and oxygen atoms in total. The Balaban J connectivity index is 2.55. The first-order chi connectivity index (χ1) is 7.29. The topological polar surface area (TPSA) is 38.3 Å². The predicted molar refractivity (Wildman–Crippen MR) is 65.4 cm³/mol. The van der Waals surface area contributed by atoms with E-state index < -0.39 is 5.60 Å². The van der Waals surface area contributed by atoms with Gasteiger partial charge in [-0.1, -0.05) is 11.1 Å². The molecule has 3 heteroatoms. The standard InChI is InChI=1S/C13H23NO2/c1-9-7-6-8-11(10(9)2)14-12(15)16-13(3,4)5/h11H,6-8H2,1-5H3,(H,14,15). The molecule has 1 aliphatic carbocycles. The first kappa shape index (κ1) is 13.1. The second-order valence-corrected chi connectivity index (χ2v) is 5.55. The fourth-order valence-corrected chi connectivity index (χ4v) is 1.91. The zero-order valence-corrected chi connectivity index (χ0v) is 11.0. The molecule has 0 aliphatic heterocycles. The average molecular weight is 225 g/mol. The van der Waals surface area contributed by atoms with Crippen LogP contribution in [0.1, 0.15) is 53.9 Å². The molecule has 0 aromatic rings. The Hall–Kier alpha value is -0.990. The Kier molecular flexibility index (Phi) is 4.00. The SMILES string of the molecule is CC1=C(C)C(NC(=O)OC(C)(C)C)CCC1. The van der Waals surface area contributed by atoms with E-state index >= 15 is 0 Å². The molecule has 1 unspecified atom stereocenters. The van der Waals surface area contributed by atoms with Crippen molar-refractivity contribution in [2.75, 3.05) is 0 Å². The highest BCUT2D eigenvalue weighted by Gasteiger charge is 2.22. The van der Waals surface area contributed by atoms with Gasteiger partial charge in [-0.25, -0.2) is 4.79 Å². The third-order valence-electron chi connectivity index (χ3n) is 2.93. The zero-order chi connectivity index (χ0) is 12.3. The summed E-state index contributed by atoms with van der Waals surface area (Å²) in [5, 5.41) is 2.94. The molecule has 0 heterocycles. The summed E-state index contributed by atoms with van der Waals surface area (Å²) in [4.78, 5) is 11.6. The van der Waals surface area contributed by atoms with E-state index in [1.807, 2.05) is 20.8 Å². The molecule has 0 bridgehead atoms. The van der Waals surface area contributed by atoms with E-state index in [-0.39, 0.29) is 12.1 Å². The van der Waals surface area contributed by atoms with Crippen LogP contribution in [0.3, 0.4) is 0 Å². The van der Waals surface area contributed by atoms with Crippen LogP contribution in [0, 0.1) is 0 Å². The normalized spacial score (nSPS) is 21.9. The van der Waals surface area contributed by atoms with Gasteiger partial charge in [0.1, 0.15) is 5.60 Å². The van der Waals surface area contributed by atoms with Crippen LogP contribution >= 0.6 is 0 Å². The van der Waals surface area contributed by atoms with Crippen LogP contribution in [-0.4, -0.2) is 17.7 Å². The molecule has 0 fully saturated rings. The molecular formula is C13H23NO2. The van der Waals surface area contributed by atoms with Gasteiger partial charge in [-0.15, -0.1) is 0 Å². The molecule has 1 aliphatic rings. The molecule has 1 amide bonds. The maximum Gasteiger partial charge on any atom is 0.408 e. The molecular weight excluding hydrogens is 202 g/mol. The number of nitrogens with one attached hydrogen (secondary N) is 1. The number of alkyl carbamates (subject to hydrolysis) is 1. The minimum atomic E-state index is -0.425. The number of ether oxygens (including phenoxy) is 1. The number of rotatable bonds is 1. The van der Waals surface area contributed by atoms with Crippen molar-refractivity contribution in [1.82, 2.24) is 5.32 Å². The molecule has 0 radical (unpaired) electrons. The average Bonchev–Trinajstić information content (AvgIpc) is 2.09. The highest BCUT2D eigenvalue weighted by Crippen LogP contribution is 2.24. The summed E-state index contributed by atoms with van der Waals surface area (Å²) in [6.45, 7) is 9.86. The minimum absolute atomic E-state index is 0.156. The Morgan fingerprint density at radius 2 is 2.00 bits per heavy atom. The van der Waals surface area contributed by atoms with Crippen LogP contribution in [0.25, 0.3) is 0 Å². The molecule has 0 aromatic carbocycles. The van der Waals surface area contributed by atoms with Crippen LogP contribution in [0.4, 0.5) is 4.79 Å². The van der Waals surface area contributed by atoms with Gasteiger partial charge in [-0.2, -0.15) is 0 Å². The van der Waals surface area contributed by atoms with Crippen molar-refractivity contribution in [3.63, 3.8) is 0 Å². The van der Waals surface area contributed by atoms with Crippen LogP contribution < -0.4 is 5.32 Å². The maximum atomic E-state index is 11.6. The Morgan fingerprint density at radius 1 is 1.38 bits per heavy atom. The fraction of sp³-hybridized carbons (Fsp3) is 0.769. The smallest absolute Gasteiger partial charge is 0.408 e. The van der Waals surface area contributed by atoms with Crippen LogP contribution in [0.2, 0.25) is 0 Å². The first-order valence-corrected chi connectivity index (χ1v) is 5.95. The lowest BCUT2D eigenvalue weighted by molar-refractivity contribution is 0.0508. The minimum Gasteiger partial charge on any atom is -0.444 e. The molecule has 0 saturated carbocycles. The largest absolute Gasteiger partial charge is 0.444 e. The molecule has 1 rings (SSSR count). The second-order valence-electron chi connectivity index (χ2n) is 5.55. The van der Waals surface area contributed by atoms with Gasteiger partial charge in [-0.05, 0) is 53.9 Å². The molecule has 0 spiro atoms. The molecule has 1 atom stereocenters. The van der Waals surface area contributed by atoms with Crippen molar-refractivity contribution in [2.24, 2.45) is 0 Å². The van der Waals surface area contributed by atoms with E-state index in [0.717, 1.165) is 19.3 Å². The number of allylic oxidation sites excluding steroid dienone is 1. The van der Waals surface area contributed by atoms with Gasteiger partial charge in [0.05, 0.1) is 6.04 Å². The van der Waals surface area contributed by atoms with Gasteiger partial charge >= 0.3 is 6.09 Å². The second kappa shape index (κ2) is 4.89. The van der Waals surface area contributed by atoms with Gasteiger partial charge in [0.2, 0.25) is 0 Å². The number of hydrogen-bond acceptors (Lipinski definition) is 2. The Morgan fingerprint density at radius 3 is 2.56 bits per heavy atom. The maximum absolute atomic E-state index is 11.6. The fourth-order valence-electron chi connectivity index (χ4n) is 1.91. The predicted octanol–water partition coefficient (Wildman–Crippen LogP) is 3.40. The van der Waals surface area contributed by atoms with E-state index in [0.29, 0.717) is 0 Å². The summed E-state index contributed by atoms with van der Waals surface area (Å²) in [5.41, 5.74) is 2.26. The highest BCUT2D eigenvalue weighted by molar-refractivity contribution is 5.68. The Labute approximate surface area is 98.2 Å². The van der Waals surface area contributed by atoms with Gasteiger partial charge in [0.15, 0.2) is 0 Å². The van der Waals surface area contributed by atoms with Gasteiger partial charge < -0.3 is 10.1 Å². The van der Waals surface area contributed by atoms with Crippen molar-refractivity contribution in [1.29, 1.82) is 0 Å². The number of carbonyl (C=O) groups excluding carboxylic acids is 1. The highest BCUT2D eigenvalue weighted by atomic mass is 16.6.